The predicted molar refractivity (Wildman–Crippen MR) is 174 cm³/mol. The summed E-state index contributed by atoms with van der Waals surface area (Å²) in [5.74, 6) is 0.193. The van der Waals surface area contributed by atoms with E-state index in [1.165, 1.54) is 23.5 Å². The van der Waals surface area contributed by atoms with Crippen LogP contribution in [0.15, 0.2) is 53.4 Å². The normalized spacial score (nSPS) is 16.2. The number of rotatable bonds is 18. The summed E-state index contributed by atoms with van der Waals surface area (Å²) in [5.41, 5.74) is 1.33. The molecule has 2 aromatic rings. The number of methoxy groups -OCH3 is 1. The molecule has 0 unspecified atom stereocenters. The lowest BCUT2D eigenvalue weighted by atomic mass is 10.0. The van der Waals surface area contributed by atoms with Crippen LogP contribution in [-0.2, 0) is 26.0 Å². The van der Waals surface area contributed by atoms with Crippen LogP contribution < -0.4 is 10.6 Å². The number of hydrogen-bond acceptors (Lipinski definition) is 7. The van der Waals surface area contributed by atoms with Crippen molar-refractivity contribution in [3.63, 3.8) is 0 Å². The van der Waals surface area contributed by atoms with Crippen LogP contribution in [0.25, 0.3) is 0 Å². The molecular formula is C33H48ClN3O7S. The second kappa shape index (κ2) is 17.3. The number of aliphatic hydroxyl groups is 2. The summed E-state index contributed by atoms with van der Waals surface area (Å²) in [6.07, 6.45) is 2.86. The van der Waals surface area contributed by atoms with Crippen molar-refractivity contribution in [1.29, 1.82) is 0 Å². The number of carbonyl (C=O) groups excluding carboxylic acids is 2. The van der Waals surface area contributed by atoms with E-state index in [9.17, 15) is 28.2 Å². The topological polar surface area (TPSA) is 145 Å². The molecule has 0 bridgehead atoms. The van der Waals surface area contributed by atoms with Gasteiger partial charge in [0.05, 0.1) is 24.7 Å². The van der Waals surface area contributed by atoms with Crippen LogP contribution in [0.2, 0.25) is 5.02 Å². The summed E-state index contributed by atoms with van der Waals surface area (Å²) in [7, 11) is -2.69. The maximum absolute atomic E-state index is 13.8. The van der Waals surface area contributed by atoms with Gasteiger partial charge < -0.3 is 25.6 Å². The second-order valence-electron chi connectivity index (χ2n) is 12.2. The summed E-state index contributed by atoms with van der Waals surface area (Å²) in [4.78, 5) is 25.6. The summed E-state index contributed by atoms with van der Waals surface area (Å²) < 4.78 is 33.7. The SMILES string of the molecule is COC(=O)N[C@@H](Cc1ccccc1Cl)C(=O)N[C@H](CCC[C@@H](CO)N(CCC(C)C)S(=O)(=O)c1ccc([C@H](C)O)cc1)C1CC1. The minimum absolute atomic E-state index is 0.111. The minimum Gasteiger partial charge on any atom is -0.453 e. The first kappa shape index (κ1) is 36.8. The van der Waals surface area contributed by atoms with Crippen molar-refractivity contribution in [2.24, 2.45) is 11.8 Å². The Hall–Kier alpha value is -2.70. The highest BCUT2D eigenvalue weighted by Gasteiger charge is 2.35. The van der Waals surface area contributed by atoms with E-state index >= 15 is 0 Å². The van der Waals surface area contributed by atoms with Crippen molar-refractivity contribution in [1.82, 2.24) is 14.9 Å². The maximum atomic E-state index is 13.8. The van der Waals surface area contributed by atoms with Gasteiger partial charge in [0.15, 0.2) is 0 Å². The third-order valence-electron chi connectivity index (χ3n) is 8.26. The molecule has 1 fully saturated rings. The van der Waals surface area contributed by atoms with Crippen LogP contribution in [0.5, 0.6) is 0 Å². The molecule has 1 aliphatic rings. The molecule has 0 saturated heterocycles. The maximum Gasteiger partial charge on any atom is 0.407 e. The Balaban J connectivity index is 1.71. The van der Waals surface area contributed by atoms with E-state index in [0.717, 1.165) is 12.8 Å². The van der Waals surface area contributed by atoms with Gasteiger partial charge in [-0.05, 0) is 86.6 Å². The number of benzene rings is 2. The molecular weight excluding hydrogens is 618 g/mol. The number of nitrogens with zero attached hydrogens (tertiary/aromatic N) is 1. The van der Waals surface area contributed by atoms with E-state index in [-0.39, 0.29) is 48.3 Å². The number of alkyl carbamates (subject to hydrolysis) is 1. The van der Waals surface area contributed by atoms with E-state index in [2.05, 4.69) is 10.6 Å². The van der Waals surface area contributed by atoms with Crippen molar-refractivity contribution in [2.45, 2.75) is 94.8 Å². The molecule has 2 amide bonds. The lowest BCUT2D eigenvalue weighted by molar-refractivity contribution is -0.124. The smallest absolute Gasteiger partial charge is 0.407 e. The standard InChI is InChI=1S/C33H48ClN3O7S/c1-22(2)18-19-37(45(42,43)28-16-14-24(15-17-28)23(3)39)27(21-38)9-7-11-30(25-12-13-25)35-32(40)31(36-33(41)44-4)20-26-8-5-6-10-29(26)34/h5-6,8,10,14-17,22-23,25,27,30-31,38-39H,7,9,11-13,18-21H2,1-4H3,(H,35,40)(H,36,41)/t23-,27-,30+,31-/m0/s1. The van der Waals surface area contributed by atoms with Gasteiger partial charge in [-0.2, -0.15) is 4.31 Å². The number of amides is 2. The molecule has 4 N–H and O–H groups in total. The summed E-state index contributed by atoms with van der Waals surface area (Å²) >= 11 is 6.32. The number of hydrogen-bond donors (Lipinski definition) is 4. The summed E-state index contributed by atoms with van der Waals surface area (Å²) in [6, 6.07) is 11.6. The van der Waals surface area contributed by atoms with E-state index in [1.807, 2.05) is 19.9 Å². The van der Waals surface area contributed by atoms with E-state index in [0.29, 0.717) is 41.8 Å². The van der Waals surface area contributed by atoms with Gasteiger partial charge >= 0.3 is 6.09 Å². The number of aliphatic hydroxyl groups excluding tert-OH is 2. The molecule has 10 nitrogen and oxygen atoms in total. The lowest BCUT2D eigenvalue weighted by Gasteiger charge is -2.31. The van der Waals surface area contributed by atoms with Gasteiger partial charge in [-0.3, -0.25) is 4.79 Å². The Morgan fingerprint density at radius 2 is 1.69 bits per heavy atom. The fourth-order valence-electron chi connectivity index (χ4n) is 5.34. The molecule has 1 aliphatic carbocycles. The van der Waals surface area contributed by atoms with Crippen LogP contribution in [0.4, 0.5) is 4.79 Å². The van der Waals surface area contributed by atoms with Gasteiger partial charge in [0.25, 0.3) is 0 Å². The quantitative estimate of drug-likeness (QED) is 0.179. The molecule has 0 radical (unpaired) electrons. The molecule has 4 atom stereocenters. The molecule has 45 heavy (non-hydrogen) atoms. The Labute approximate surface area is 272 Å². The molecule has 2 aromatic carbocycles. The zero-order valence-corrected chi connectivity index (χ0v) is 28.2. The zero-order valence-electron chi connectivity index (χ0n) is 26.6. The van der Waals surface area contributed by atoms with Gasteiger partial charge in [-0.25, -0.2) is 13.2 Å². The van der Waals surface area contributed by atoms with Gasteiger partial charge in [-0.1, -0.05) is 55.8 Å². The first-order valence-corrected chi connectivity index (χ1v) is 17.5. The van der Waals surface area contributed by atoms with Gasteiger partial charge in [0.2, 0.25) is 15.9 Å². The monoisotopic (exact) mass is 665 g/mol. The lowest BCUT2D eigenvalue weighted by Crippen LogP contribution is -2.51. The highest BCUT2D eigenvalue weighted by atomic mass is 35.5. The van der Waals surface area contributed by atoms with Crippen molar-refractivity contribution in [2.75, 3.05) is 20.3 Å². The van der Waals surface area contributed by atoms with Crippen molar-refractivity contribution < 1.29 is 33.0 Å². The second-order valence-corrected chi connectivity index (χ2v) is 14.5. The van der Waals surface area contributed by atoms with E-state index in [4.69, 9.17) is 16.3 Å². The average molecular weight is 666 g/mol. The molecule has 3 rings (SSSR count). The zero-order chi connectivity index (χ0) is 33.1. The number of nitrogens with one attached hydrogen (secondary N) is 2. The molecule has 0 aromatic heterocycles. The van der Waals surface area contributed by atoms with Crippen LogP contribution in [-0.4, -0.2) is 73.3 Å². The highest BCUT2D eigenvalue weighted by molar-refractivity contribution is 7.89. The Kier molecular flexibility index (Phi) is 14.1. The van der Waals surface area contributed by atoms with Crippen LogP contribution in [0.3, 0.4) is 0 Å². The summed E-state index contributed by atoms with van der Waals surface area (Å²) in [6.45, 7) is 5.58. The van der Waals surface area contributed by atoms with Crippen LogP contribution in [0, 0.1) is 11.8 Å². The Morgan fingerprint density at radius 3 is 2.24 bits per heavy atom. The molecule has 0 heterocycles. The average Bonchev–Trinajstić information content (AvgIpc) is 3.85. The Morgan fingerprint density at radius 1 is 1.02 bits per heavy atom. The highest BCUT2D eigenvalue weighted by Crippen LogP contribution is 2.35. The van der Waals surface area contributed by atoms with Crippen molar-refractivity contribution in [3.8, 4) is 0 Å². The number of ether oxygens (including phenoxy) is 1. The molecule has 0 aliphatic heterocycles. The predicted octanol–water partition coefficient (Wildman–Crippen LogP) is 4.82. The molecule has 0 spiro atoms. The van der Waals surface area contributed by atoms with Crippen molar-refractivity contribution in [3.05, 3.63) is 64.7 Å². The van der Waals surface area contributed by atoms with Crippen LogP contribution in [0.1, 0.15) is 76.5 Å². The minimum atomic E-state index is -3.92. The molecule has 12 heteroatoms. The number of halogens is 1. The third kappa shape index (κ3) is 11.0. The number of carbonyl (C=O) groups is 2. The first-order valence-electron chi connectivity index (χ1n) is 15.7. The summed E-state index contributed by atoms with van der Waals surface area (Å²) in [5, 5.41) is 26.5. The van der Waals surface area contributed by atoms with Gasteiger partial charge in [-0.15, -0.1) is 0 Å². The van der Waals surface area contributed by atoms with Gasteiger partial charge in [0.1, 0.15) is 6.04 Å². The fourth-order valence-corrected chi connectivity index (χ4v) is 7.21. The van der Waals surface area contributed by atoms with Gasteiger partial charge in [0, 0.05) is 30.1 Å². The Bertz CT molecular complexity index is 1350. The van der Waals surface area contributed by atoms with E-state index < -0.39 is 34.3 Å². The first-order chi connectivity index (χ1) is 21.4. The van der Waals surface area contributed by atoms with E-state index in [1.54, 1.807) is 37.3 Å². The third-order valence-corrected chi connectivity index (χ3v) is 10.6. The number of sulfonamides is 1. The molecule has 1 saturated carbocycles. The fraction of sp³-hybridized carbons (Fsp3) is 0.576. The molecule has 250 valence electrons. The van der Waals surface area contributed by atoms with Crippen LogP contribution >= 0.6 is 11.6 Å². The largest absolute Gasteiger partial charge is 0.453 e. The van der Waals surface area contributed by atoms with Crippen molar-refractivity contribution >= 4 is 33.6 Å².